The van der Waals surface area contributed by atoms with Crippen molar-refractivity contribution in [1.82, 2.24) is 20.0 Å². The molecule has 1 aliphatic heterocycles. The molecule has 296 valence electrons. The second kappa shape index (κ2) is 21.5. The monoisotopic (exact) mass is 763 g/mol. The topological polar surface area (TPSA) is 130 Å². The third-order valence-electron chi connectivity index (χ3n) is 9.74. The number of nitrogens with one attached hydrogen (secondary N) is 2. The van der Waals surface area contributed by atoms with E-state index in [1.54, 1.807) is 24.1 Å². The van der Waals surface area contributed by atoms with Crippen molar-refractivity contribution in [2.75, 3.05) is 65.9 Å². The van der Waals surface area contributed by atoms with Crippen molar-refractivity contribution in [1.29, 1.82) is 0 Å². The summed E-state index contributed by atoms with van der Waals surface area (Å²) >= 11 is 0. The molecule has 0 atom stereocenters. The lowest BCUT2D eigenvalue weighted by Gasteiger charge is -2.32. The maximum absolute atomic E-state index is 13.2. The van der Waals surface area contributed by atoms with Crippen LogP contribution in [-0.4, -0.2) is 105 Å². The number of benzene rings is 4. The number of piperidine rings is 1. The van der Waals surface area contributed by atoms with Crippen LogP contribution < -0.4 is 15.4 Å². The van der Waals surface area contributed by atoms with Crippen LogP contribution in [0.1, 0.15) is 47.2 Å². The number of esters is 1. The zero-order chi connectivity index (χ0) is 39.7. The van der Waals surface area contributed by atoms with Gasteiger partial charge in [-0.3, -0.25) is 19.7 Å². The summed E-state index contributed by atoms with van der Waals surface area (Å²) in [4.78, 5) is 55.5. The number of hydrogen-bond acceptors (Lipinski definition) is 9. The van der Waals surface area contributed by atoms with Gasteiger partial charge in [0, 0.05) is 84.6 Å². The van der Waals surface area contributed by atoms with Gasteiger partial charge < -0.3 is 34.2 Å². The number of likely N-dealkylation sites (tertiary alicyclic amines) is 1. The van der Waals surface area contributed by atoms with Crippen LogP contribution in [0, 0.1) is 0 Å². The van der Waals surface area contributed by atoms with E-state index in [9.17, 15) is 19.2 Å². The molecule has 1 fully saturated rings. The number of para-hydroxylation sites is 1. The van der Waals surface area contributed by atoms with Gasteiger partial charge in [0.05, 0.1) is 5.69 Å². The average molecular weight is 764 g/mol. The smallest absolute Gasteiger partial charge is 0.411 e. The average Bonchev–Trinajstić information content (AvgIpc) is 3.21. The number of carbonyl (C=O) groups excluding carboxylic acids is 4. The van der Waals surface area contributed by atoms with E-state index in [1.807, 2.05) is 98.0 Å². The Kier molecular flexibility index (Phi) is 16.0. The molecule has 4 aromatic carbocycles. The predicted octanol–water partition coefficient (Wildman–Crippen LogP) is 6.22. The van der Waals surface area contributed by atoms with E-state index in [-0.39, 0.29) is 36.9 Å². The van der Waals surface area contributed by atoms with Crippen molar-refractivity contribution in [2.24, 2.45) is 0 Å². The van der Waals surface area contributed by atoms with Crippen LogP contribution >= 0.6 is 0 Å². The van der Waals surface area contributed by atoms with Crippen LogP contribution in [0.3, 0.4) is 0 Å². The molecule has 5 rings (SSSR count). The maximum Gasteiger partial charge on any atom is 0.411 e. The van der Waals surface area contributed by atoms with E-state index in [0.717, 1.165) is 54.7 Å². The Morgan fingerprint density at radius 2 is 1.41 bits per heavy atom. The minimum atomic E-state index is -0.447. The van der Waals surface area contributed by atoms with Gasteiger partial charge >= 0.3 is 12.1 Å². The Balaban J connectivity index is 0.952. The van der Waals surface area contributed by atoms with E-state index in [4.69, 9.17) is 14.2 Å². The Labute approximate surface area is 329 Å². The van der Waals surface area contributed by atoms with Crippen molar-refractivity contribution in [3.8, 4) is 16.9 Å². The van der Waals surface area contributed by atoms with Crippen molar-refractivity contribution >= 4 is 29.6 Å². The summed E-state index contributed by atoms with van der Waals surface area (Å²) < 4.78 is 16.1. The second-order valence-electron chi connectivity index (χ2n) is 14.0. The summed E-state index contributed by atoms with van der Waals surface area (Å²) in [6.45, 7) is 4.65. The zero-order valence-corrected chi connectivity index (χ0v) is 32.6. The number of anilines is 1. The fourth-order valence-electron chi connectivity index (χ4n) is 6.41. The van der Waals surface area contributed by atoms with Crippen molar-refractivity contribution in [3.63, 3.8) is 0 Å². The highest BCUT2D eigenvalue weighted by Crippen LogP contribution is 2.28. The van der Waals surface area contributed by atoms with Crippen LogP contribution in [0.2, 0.25) is 0 Å². The first-order valence-electron chi connectivity index (χ1n) is 19.1. The Bertz CT molecular complexity index is 1860. The normalized spacial score (nSPS) is 13.1. The van der Waals surface area contributed by atoms with Gasteiger partial charge in [-0.2, -0.15) is 0 Å². The van der Waals surface area contributed by atoms with Gasteiger partial charge in [-0.25, -0.2) is 4.79 Å². The Hall–Kier alpha value is -5.56. The second-order valence-corrected chi connectivity index (χ2v) is 14.0. The van der Waals surface area contributed by atoms with Crippen LogP contribution in [0.25, 0.3) is 11.1 Å². The molecule has 3 amide bonds. The first-order chi connectivity index (χ1) is 27.2. The fourth-order valence-corrected chi connectivity index (χ4v) is 6.41. The van der Waals surface area contributed by atoms with Gasteiger partial charge in [-0.15, -0.1) is 0 Å². The molecule has 0 unspecified atom stereocenters. The van der Waals surface area contributed by atoms with Gasteiger partial charge in [0.15, 0.2) is 0 Å². The zero-order valence-electron chi connectivity index (χ0n) is 32.6. The van der Waals surface area contributed by atoms with Gasteiger partial charge in [0.2, 0.25) is 5.91 Å². The van der Waals surface area contributed by atoms with Gasteiger partial charge in [-0.05, 0) is 66.3 Å². The molecular formula is C44H53N5O7. The molecule has 4 aromatic rings. The summed E-state index contributed by atoms with van der Waals surface area (Å²) in [6.07, 6.45) is 1.59. The molecular weight excluding hydrogens is 711 g/mol. The number of ether oxygens (including phenoxy) is 3. The van der Waals surface area contributed by atoms with Crippen molar-refractivity contribution in [3.05, 3.63) is 120 Å². The largest absolute Gasteiger partial charge is 0.446 e. The molecule has 0 saturated carbocycles. The molecule has 0 radical (unpaired) electrons. The van der Waals surface area contributed by atoms with Crippen LogP contribution in [0.15, 0.2) is 103 Å². The molecule has 2 N–H and O–H groups in total. The number of rotatable bonds is 18. The molecule has 1 saturated heterocycles. The van der Waals surface area contributed by atoms with Gasteiger partial charge in [0.1, 0.15) is 18.5 Å². The van der Waals surface area contributed by atoms with Gasteiger partial charge in [0.25, 0.3) is 5.91 Å². The minimum absolute atomic E-state index is 0.0200. The summed E-state index contributed by atoms with van der Waals surface area (Å²) in [5.41, 5.74) is 5.42. The van der Waals surface area contributed by atoms with E-state index >= 15 is 0 Å². The fraction of sp³-hybridized carbons (Fsp3) is 0.364. The summed E-state index contributed by atoms with van der Waals surface area (Å²) in [5, 5.41) is 6.34. The molecule has 1 heterocycles. The molecule has 0 bridgehead atoms. The van der Waals surface area contributed by atoms with Crippen LogP contribution in [0.4, 0.5) is 10.5 Å². The third-order valence-corrected chi connectivity index (χ3v) is 9.74. The number of amides is 3. The highest BCUT2D eigenvalue weighted by molar-refractivity contribution is 5.94. The molecule has 56 heavy (non-hydrogen) atoms. The van der Waals surface area contributed by atoms with Crippen molar-refractivity contribution in [2.45, 2.75) is 44.9 Å². The molecule has 0 spiro atoms. The van der Waals surface area contributed by atoms with Crippen LogP contribution in [0.5, 0.6) is 5.75 Å². The molecule has 12 nitrogen and oxygen atoms in total. The molecule has 1 aliphatic rings. The SMILES string of the molecule is COCC(=O)N(C)CCCC(=O)Oc1ccc(CNCc2ccc(C(=O)N(C)CCN3CCC(OC(=O)Nc4ccccc4-c4ccccc4)CC3)cc2)cc1. The highest BCUT2D eigenvalue weighted by Gasteiger charge is 2.23. The minimum Gasteiger partial charge on any atom is -0.446 e. The van der Waals surface area contributed by atoms with Crippen LogP contribution in [-0.2, 0) is 32.2 Å². The molecule has 0 aliphatic carbocycles. The lowest BCUT2D eigenvalue weighted by molar-refractivity contribution is -0.136. The van der Waals surface area contributed by atoms with Gasteiger partial charge in [-0.1, -0.05) is 72.8 Å². The Morgan fingerprint density at radius 3 is 2.09 bits per heavy atom. The quantitative estimate of drug-likeness (QED) is 0.0897. The number of carbonyl (C=O) groups is 4. The van der Waals surface area contributed by atoms with E-state index in [0.29, 0.717) is 49.6 Å². The first kappa shape index (κ1) is 41.6. The van der Waals surface area contributed by atoms with Crippen molar-refractivity contribution < 1.29 is 33.4 Å². The van der Waals surface area contributed by atoms with E-state index in [1.165, 1.54) is 12.0 Å². The van der Waals surface area contributed by atoms with E-state index < -0.39 is 6.09 Å². The lowest BCUT2D eigenvalue weighted by atomic mass is 10.0. The Morgan fingerprint density at radius 1 is 0.768 bits per heavy atom. The number of nitrogens with zero attached hydrogens (tertiary/aromatic N) is 3. The molecule has 0 aromatic heterocycles. The maximum atomic E-state index is 13.2. The first-order valence-corrected chi connectivity index (χ1v) is 19.1. The highest BCUT2D eigenvalue weighted by atomic mass is 16.6. The summed E-state index contributed by atoms with van der Waals surface area (Å²) in [5.74, 6) is -0.0223. The predicted molar refractivity (Wildman–Crippen MR) is 216 cm³/mol. The standard InChI is InChI=1S/C44H53N5O7/c1-47(41(50)32-54-3)25-9-14-42(51)55-37-21-17-34(18-22-37)31-45-30-33-15-19-36(20-16-33)43(52)48(2)28-29-49-26-23-38(24-27-49)56-44(53)46-40-13-8-7-12-39(40)35-10-5-4-6-11-35/h4-8,10-13,15-22,38,45H,9,14,23-32H2,1-3H3,(H,46,53). The number of hydrogen-bond donors (Lipinski definition) is 2. The molecule has 12 heteroatoms. The number of methoxy groups -OCH3 is 1. The number of likely N-dealkylation sites (N-methyl/N-ethyl adjacent to an activating group) is 2. The summed E-state index contributed by atoms with van der Waals surface area (Å²) in [7, 11) is 4.98. The summed E-state index contributed by atoms with van der Waals surface area (Å²) in [6, 6.07) is 32.6. The third kappa shape index (κ3) is 13.0. The van der Waals surface area contributed by atoms with E-state index in [2.05, 4.69) is 15.5 Å². The lowest BCUT2D eigenvalue weighted by Crippen LogP contribution is -2.42.